The van der Waals surface area contributed by atoms with E-state index in [1.165, 1.54) is 13.3 Å². The maximum absolute atomic E-state index is 12.4. The Labute approximate surface area is 172 Å². The fraction of sp³-hybridized carbons (Fsp3) is 0.200. The van der Waals surface area contributed by atoms with Gasteiger partial charge < -0.3 is 19.6 Å². The average Bonchev–Trinajstić information content (AvgIpc) is 2.68. The molecule has 0 aliphatic heterocycles. The van der Waals surface area contributed by atoms with Crippen LogP contribution in [-0.4, -0.2) is 26.2 Å². The molecule has 0 saturated carbocycles. The smallest absolute Gasteiger partial charge is 0.346 e. The largest absolute Gasteiger partial charge is 0.618 e. The van der Waals surface area contributed by atoms with Crippen LogP contribution in [0.1, 0.15) is 6.92 Å². The Bertz CT molecular complexity index is 1020. The van der Waals surface area contributed by atoms with E-state index in [-0.39, 0.29) is 0 Å². The molecule has 0 radical (unpaired) electrons. The van der Waals surface area contributed by atoms with Crippen LogP contribution >= 0.6 is 23.2 Å². The number of pyridine rings is 1. The predicted molar refractivity (Wildman–Crippen MR) is 110 cm³/mol. The summed E-state index contributed by atoms with van der Waals surface area (Å²) in [6.45, 7) is 1.62. The highest BCUT2D eigenvalue weighted by Crippen LogP contribution is 2.30. The summed E-state index contributed by atoms with van der Waals surface area (Å²) in [4.78, 5) is 13.3. The number of halogens is 2. The fourth-order valence-corrected chi connectivity index (χ4v) is 3.07. The molecule has 0 fully saturated rings. The fourth-order valence-electron chi connectivity index (χ4n) is 2.74. The van der Waals surface area contributed by atoms with Crippen molar-refractivity contribution < 1.29 is 19.0 Å². The second kappa shape index (κ2) is 8.12. The SMILES string of the molecule is COC(=O)C(C)Oc1ccc(N(C)c2cc3cc(Cl)c(Cl)cc3[n+]([O-])c2)cc1. The van der Waals surface area contributed by atoms with E-state index >= 15 is 0 Å². The van der Waals surface area contributed by atoms with Gasteiger partial charge in [0.15, 0.2) is 6.10 Å². The molecule has 3 aromatic rings. The summed E-state index contributed by atoms with van der Waals surface area (Å²) in [5.74, 6) is 0.0880. The van der Waals surface area contributed by atoms with Gasteiger partial charge in [-0.05, 0) is 43.3 Å². The monoisotopic (exact) mass is 420 g/mol. The Morgan fingerprint density at radius 2 is 1.75 bits per heavy atom. The third-order valence-corrected chi connectivity index (χ3v) is 5.04. The van der Waals surface area contributed by atoms with E-state index in [9.17, 15) is 10.0 Å². The molecule has 8 heteroatoms. The number of ether oxygens (including phenoxy) is 2. The van der Waals surface area contributed by atoms with Crippen molar-refractivity contribution in [2.45, 2.75) is 13.0 Å². The number of fused-ring (bicyclic) bond motifs is 1. The second-order valence-electron chi connectivity index (χ2n) is 6.19. The normalized spacial score (nSPS) is 11.9. The zero-order valence-corrected chi connectivity index (χ0v) is 17.0. The lowest BCUT2D eigenvalue weighted by Gasteiger charge is -2.20. The van der Waals surface area contributed by atoms with Crippen molar-refractivity contribution in [3.63, 3.8) is 0 Å². The van der Waals surface area contributed by atoms with Gasteiger partial charge in [-0.3, -0.25) is 0 Å². The van der Waals surface area contributed by atoms with Gasteiger partial charge in [0.2, 0.25) is 11.7 Å². The molecule has 1 heterocycles. The van der Waals surface area contributed by atoms with Crippen LogP contribution in [0.4, 0.5) is 11.4 Å². The molecule has 28 heavy (non-hydrogen) atoms. The van der Waals surface area contributed by atoms with E-state index in [0.29, 0.717) is 32.4 Å². The third-order valence-electron chi connectivity index (χ3n) is 4.32. The number of methoxy groups -OCH3 is 1. The second-order valence-corrected chi connectivity index (χ2v) is 7.00. The first-order valence-electron chi connectivity index (χ1n) is 8.40. The van der Waals surface area contributed by atoms with E-state index in [1.54, 1.807) is 31.2 Å². The van der Waals surface area contributed by atoms with Crippen LogP contribution in [0.15, 0.2) is 48.7 Å². The van der Waals surface area contributed by atoms with Crippen molar-refractivity contribution in [1.29, 1.82) is 0 Å². The third kappa shape index (κ3) is 4.08. The molecule has 3 rings (SSSR count). The van der Waals surface area contributed by atoms with Crippen LogP contribution < -0.4 is 14.4 Å². The topological polar surface area (TPSA) is 65.7 Å². The minimum absolute atomic E-state index is 0.330. The molecule has 146 valence electrons. The number of esters is 1. The summed E-state index contributed by atoms with van der Waals surface area (Å²) >= 11 is 12.1. The Morgan fingerprint density at radius 1 is 1.11 bits per heavy atom. The quantitative estimate of drug-likeness (QED) is 0.345. The Morgan fingerprint density at radius 3 is 2.39 bits per heavy atom. The van der Waals surface area contributed by atoms with E-state index in [2.05, 4.69) is 4.74 Å². The van der Waals surface area contributed by atoms with E-state index in [1.807, 2.05) is 30.1 Å². The van der Waals surface area contributed by atoms with Crippen LogP contribution in [0.5, 0.6) is 5.75 Å². The predicted octanol–water partition coefficient (Wildman–Crippen LogP) is 4.49. The molecular formula is C20H18Cl2N2O4. The minimum Gasteiger partial charge on any atom is -0.618 e. The number of aromatic nitrogens is 1. The Kier molecular flexibility index (Phi) is 5.82. The van der Waals surface area contributed by atoms with Gasteiger partial charge in [0.25, 0.3) is 0 Å². The first-order valence-corrected chi connectivity index (χ1v) is 9.16. The van der Waals surface area contributed by atoms with Crippen molar-refractivity contribution in [1.82, 2.24) is 0 Å². The molecule has 0 bridgehead atoms. The van der Waals surface area contributed by atoms with Gasteiger partial charge in [0.05, 0.1) is 22.5 Å². The summed E-state index contributed by atoms with van der Waals surface area (Å²) < 4.78 is 10.9. The van der Waals surface area contributed by atoms with Crippen molar-refractivity contribution >= 4 is 51.4 Å². The lowest BCUT2D eigenvalue weighted by Crippen LogP contribution is -2.28. The molecule has 1 aromatic heterocycles. The Balaban J connectivity index is 1.86. The summed E-state index contributed by atoms with van der Waals surface area (Å²) in [7, 11) is 3.15. The molecule has 0 spiro atoms. The highest BCUT2D eigenvalue weighted by Gasteiger charge is 2.16. The van der Waals surface area contributed by atoms with Crippen LogP contribution in [0, 0.1) is 5.21 Å². The maximum atomic E-state index is 12.4. The number of benzene rings is 2. The number of nitrogens with zero attached hydrogens (tertiary/aromatic N) is 2. The van der Waals surface area contributed by atoms with Gasteiger partial charge in [-0.25, -0.2) is 4.79 Å². The van der Waals surface area contributed by atoms with Crippen molar-refractivity contribution in [3.05, 3.63) is 63.9 Å². The zero-order chi connectivity index (χ0) is 20.4. The molecule has 2 aromatic carbocycles. The standard InChI is InChI=1S/C20H18Cl2N2O4/c1-12(20(25)27-3)28-16-6-4-14(5-7-16)23(2)15-8-13-9-17(21)18(22)10-19(13)24(26)11-15/h4-12H,1-3H3. The molecule has 6 nitrogen and oxygen atoms in total. The van der Waals surface area contributed by atoms with Crippen molar-refractivity contribution in [2.24, 2.45) is 0 Å². The number of hydrogen-bond acceptors (Lipinski definition) is 5. The molecular weight excluding hydrogens is 403 g/mol. The van der Waals surface area contributed by atoms with Gasteiger partial charge in [-0.2, -0.15) is 4.73 Å². The number of carbonyl (C=O) groups excluding carboxylic acids is 1. The van der Waals surface area contributed by atoms with Gasteiger partial charge in [-0.1, -0.05) is 23.2 Å². The van der Waals surface area contributed by atoms with E-state index in [4.69, 9.17) is 27.9 Å². The summed E-state index contributed by atoms with van der Waals surface area (Å²) in [6.07, 6.45) is 0.765. The number of hydrogen-bond donors (Lipinski definition) is 0. The first-order chi connectivity index (χ1) is 13.3. The molecule has 0 saturated heterocycles. The van der Waals surface area contributed by atoms with Crippen molar-refractivity contribution in [3.8, 4) is 5.75 Å². The number of carbonyl (C=O) groups is 1. The average molecular weight is 421 g/mol. The van der Waals surface area contributed by atoms with Gasteiger partial charge in [0, 0.05) is 18.8 Å². The van der Waals surface area contributed by atoms with Gasteiger partial charge in [0.1, 0.15) is 11.4 Å². The van der Waals surface area contributed by atoms with E-state index < -0.39 is 12.1 Å². The highest BCUT2D eigenvalue weighted by atomic mass is 35.5. The summed E-state index contributed by atoms with van der Waals surface area (Å²) in [6, 6.07) is 12.2. The highest BCUT2D eigenvalue weighted by molar-refractivity contribution is 6.42. The molecule has 1 atom stereocenters. The van der Waals surface area contributed by atoms with Crippen molar-refractivity contribution in [2.75, 3.05) is 19.1 Å². The van der Waals surface area contributed by atoms with Gasteiger partial charge in [-0.15, -0.1) is 0 Å². The number of anilines is 2. The molecule has 1 unspecified atom stereocenters. The van der Waals surface area contributed by atoms with E-state index in [0.717, 1.165) is 10.4 Å². The van der Waals surface area contributed by atoms with Gasteiger partial charge >= 0.3 is 5.97 Å². The maximum Gasteiger partial charge on any atom is 0.346 e. The zero-order valence-electron chi connectivity index (χ0n) is 15.5. The van der Waals surface area contributed by atoms with Crippen LogP contribution in [0.25, 0.3) is 10.9 Å². The van der Waals surface area contributed by atoms with Crippen LogP contribution in [0.2, 0.25) is 10.0 Å². The Hall–Kier alpha value is -2.70. The first kappa shape index (κ1) is 20.0. The molecule has 0 aliphatic carbocycles. The molecule has 0 N–H and O–H groups in total. The summed E-state index contributed by atoms with van der Waals surface area (Å²) in [5, 5.41) is 13.8. The summed E-state index contributed by atoms with van der Waals surface area (Å²) in [5.41, 5.74) is 1.95. The lowest BCUT2D eigenvalue weighted by atomic mass is 10.2. The lowest BCUT2D eigenvalue weighted by molar-refractivity contribution is -0.576. The molecule has 0 amide bonds. The van der Waals surface area contributed by atoms with Crippen LogP contribution in [-0.2, 0) is 9.53 Å². The number of rotatable bonds is 5. The minimum atomic E-state index is -0.704. The molecule has 0 aliphatic rings. The van der Waals surface area contributed by atoms with Crippen LogP contribution in [0.3, 0.4) is 0 Å².